The van der Waals surface area contributed by atoms with E-state index in [-0.39, 0.29) is 4.90 Å². The molecule has 0 aliphatic heterocycles. The summed E-state index contributed by atoms with van der Waals surface area (Å²) in [7, 11) is -2.26. The molecule has 4 aromatic carbocycles. The monoisotopic (exact) mass is 600 g/mol. The predicted molar refractivity (Wildman–Crippen MR) is 152 cm³/mol. The number of rotatable bonds is 8. The zero-order valence-electron chi connectivity index (χ0n) is 22.3. The first kappa shape index (κ1) is 30.4. The molecule has 0 saturated carbocycles. The van der Waals surface area contributed by atoms with E-state index in [9.17, 15) is 21.6 Å². The third-order valence-electron chi connectivity index (χ3n) is 6.37. The van der Waals surface area contributed by atoms with Gasteiger partial charge < -0.3 is 20.3 Å². The van der Waals surface area contributed by atoms with Gasteiger partial charge in [0, 0.05) is 11.6 Å². The van der Waals surface area contributed by atoms with Crippen molar-refractivity contribution in [3.05, 3.63) is 102 Å². The lowest BCUT2D eigenvalue weighted by molar-refractivity contribution is -0.192. The van der Waals surface area contributed by atoms with E-state index in [0.717, 1.165) is 27.3 Å². The van der Waals surface area contributed by atoms with Gasteiger partial charge in [-0.25, -0.2) is 17.2 Å². The maximum atomic E-state index is 13.4. The Labute approximate surface area is 239 Å². The molecule has 220 valence electrons. The fourth-order valence-corrected chi connectivity index (χ4v) is 5.72. The Morgan fingerprint density at radius 3 is 2.19 bits per heavy atom. The van der Waals surface area contributed by atoms with Crippen molar-refractivity contribution < 1.29 is 41.0 Å². The van der Waals surface area contributed by atoms with Crippen molar-refractivity contribution in [2.75, 3.05) is 13.7 Å². The number of nitrogens with zero attached hydrogens (tertiary/aromatic N) is 1. The number of hydrogen-bond acceptors (Lipinski definition) is 6. The van der Waals surface area contributed by atoms with Crippen LogP contribution in [0.1, 0.15) is 11.1 Å². The summed E-state index contributed by atoms with van der Waals surface area (Å²) in [4.78, 5) is 9.08. The van der Waals surface area contributed by atoms with Crippen LogP contribution in [0.2, 0.25) is 0 Å². The summed E-state index contributed by atoms with van der Waals surface area (Å²) in [5.41, 5.74) is 8.36. The molecule has 0 aliphatic carbocycles. The molecule has 0 fully saturated rings. The molecule has 0 amide bonds. The average molecular weight is 601 g/mol. The summed E-state index contributed by atoms with van der Waals surface area (Å²) < 4.78 is 71.2. The molecule has 1 heterocycles. The van der Waals surface area contributed by atoms with E-state index in [1.807, 2.05) is 24.3 Å². The number of benzene rings is 4. The van der Waals surface area contributed by atoms with Crippen molar-refractivity contribution in [1.29, 1.82) is 0 Å². The molecule has 42 heavy (non-hydrogen) atoms. The third kappa shape index (κ3) is 6.67. The lowest BCUT2D eigenvalue weighted by Crippen LogP contribution is -2.21. The van der Waals surface area contributed by atoms with Gasteiger partial charge in [-0.1, -0.05) is 42.5 Å². The van der Waals surface area contributed by atoms with Gasteiger partial charge in [0.05, 0.1) is 17.5 Å². The highest BCUT2D eigenvalue weighted by Crippen LogP contribution is 2.31. The minimum Gasteiger partial charge on any atom is -0.497 e. The van der Waals surface area contributed by atoms with Gasteiger partial charge in [-0.3, -0.25) is 0 Å². The fourth-order valence-electron chi connectivity index (χ4n) is 4.33. The number of aromatic nitrogens is 1. The van der Waals surface area contributed by atoms with Crippen molar-refractivity contribution in [2.45, 2.75) is 24.1 Å². The molecule has 0 aliphatic rings. The molecule has 0 radical (unpaired) electrons. The highest BCUT2D eigenvalue weighted by atomic mass is 32.2. The second-order valence-electron chi connectivity index (χ2n) is 9.08. The standard InChI is InChI=1S/C28H26N2O4S.C2HF3O2/c1-33-23-9-12-25(13-10-23)35(31,32)30-18-21(15-16-29)27-17-24(11-14-28(27)30)34-19-22-7-4-6-20-5-2-3-8-26(20)22;3-2(4,5)1(6)7/h2-14,17-18H,15-16,19,29H2,1H3;(H,6,7). The van der Waals surface area contributed by atoms with E-state index in [1.54, 1.807) is 49.7 Å². The molecule has 0 spiro atoms. The van der Waals surface area contributed by atoms with E-state index < -0.39 is 22.2 Å². The maximum absolute atomic E-state index is 13.4. The number of aliphatic carboxylic acids is 1. The van der Waals surface area contributed by atoms with E-state index in [2.05, 4.69) is 24.3 Å². The van der Waals surface area contributed by atoms with Crippen LogP contribution >= 0.6 is 0 Å². The van der Waals surface area contributed by atoms with E-state index in [4.69, 9.17) is 25.1 Å². The van der Waals surface area contributed by atoms with Crippen molar-refractivity contribution in [3.8, 4) is 11.5 Å². The third-order valence-corrected chi connectivity index (χ3v) is 8.06. The van der Waals surface area contributed by atoms with Crippen LogP contribution in [0.25, 0.3) is 21.7 Å². The number of carbonyl (C=O) groups is 1. The molecule has 1 aromatic heterocycles. The molecular formula is C30H27F3N2O6S. The van der Waals surface area contributed by atoms with Crippen LogP contribution in [0.3, 0.4) is 0 Å². The Morgan fingerprint density at radius 1 is 0.905 bits per heavy atom. The second-order valence-corrected chi connectivity index (χ2v) is 10.9. The zero-order chi connectivity index (χ0) is 30.5. The smallest absolute Gasteiger partial charge is 0.490 e. The number of nitrogens with two attached hydrogens (primary N) is 1. The number of alkyl halides is 3. The van der Waals surface area contributed by atoms with E-state index in [0.29, 0.717) is 36.6 Å². The van der Waals surface area contributed by atoms with Gasteiger partial charge in [-0.05, 0) is 77.3 Å². The van der Waals surface area contributed by atoms with Crippen LogP contribution in [0.5, 0.6) is 11.5 Å². The number of fused-ring (bicyclic) bond motifs is 2. The summed E-state index contributed by atoms with van der Waals surface area (Å²) in [6.45, 7) is 0.812. The Bertz CT molecular complexity index is 1810. The molecule has 8 nitrogen and oxygen atoms in total. The lowest BCUT2D eigenvalue weighted by atomic mass is 10.1. The van der Waals surface area contributed by atoms with Gasteiger partial charge in [-0.15, -0.1) is 0 Å². The van der Waals surface area contributed by atoms with E-state index in [1.165, 1.54) is 3.97 Å². The van der Waals surface area contributed by atoms with E-state index >= 15 is 0 Å². The van der Waals surface area contributed by atoms with Crippen LogP contribution in [0, 0.1) is 0 Å². The predicted octanol–water partition coefficient (Wildman–Crippen LogP) is 5.75. The first-order valence-electron chi connectivity index (χ1n) is 12.6. The fraction of sp³-hybridized carbons (Fsp3) is 0.167. The van der Waals surface area contributed by atoms with Gasteiger partial charge in [0.15, 0.2) is 0 Å². The number of carboxylic acid groups (broad SMARTS) is 1. The van der Waals surface area contributed by atoms with Crippen LogP contribution in [-0.4, -0.2) is 43.3 Å². The number of carboxylic acids is 1. The zero-order valence-corrected chi connectivity index (χ0v) is 23.2. The normalized spacial score (nSPS) is 11.6. The molecule has 12 heteroatoms. The molecule has 0 unspecified atom stereocenters. The highest BCUT2D eigenvalue weighted by Gasteiger charge is 2.38. The van der Waals surface area contributed by atoms with Crippen molar-refractivity contribution in [3.63, 3.8) is 0 Å². The maximum Gasteiger partial charge on any atom is 0.490 e. The molecule has 0 bridgehead atoms. The summed E-state index contributed by atoms with van der Waals surface area (Å²) in [5, 5.41) is 10.2. The minimum atomic E-state index is -5.08. The second kappa shape index (κ2) is 12.5. The summed E-state index contributed by atoms with van der Waals surface area (Å²) >= 11 is 0. The van der Waals surface area contributed by atoms with Crippen LogP contribution in [-0.2, 0) is 27.8 Å². The Balaban J connectivity index is 0.000000517. The highest BCUT2D eigenvalue weighted by molar-refractivity contribution is 7.90. The SMILES string of the molecule is COc1ccc(S(=O)(=O)n2cc(CCN)c3cc(OCc4cccc5ccccc45)ccc32)cc1.O=C(O)C(F)(F)F. The van der Waals surface area contributed by atoms with Crippen LogP contribution in [0.15, 0.2) is 96.0 Å². The largest absolute Gasteiger partial charge is 0.497 e. The minimum absolute atomic E-state index is 0.186. The molecule has 5 aromatic rings. The number of methoxy groups -OCH3 is 1. The molecule has 3 N–H and O–H groups in total. The van der Waals surface area contributed by atoms with Gasteiger partial charge >= 0.3 is 12.1 Å². The van der Waals surface area contributed by atoms with Crippen LogP contribution < -0.4 is 15.2 Å². The molecule has 0 saturated heterocycles. The Morgan fingerprint density at radius 2 is 1.55 bits per heavy atom. The molecule has 5 rings (SSSR count). The van der Waals surface area contributed by atoms with Crippen molar-refractivity contribution in [2.24, 2.45) is 5.73 Å². The first-order chi connectivity index (χ1) is 20.0. The summed E-state index contributed by atoms with van der Waals surface area (Å²) in [6.07, 6.45) is -2.88. The summed E-state index contributed by atoms with van der Waals surface area (Å²) in [5.74, 6) is -1.49. The number of hydrogen-bond donors (Lipinski definition) is 2. The van der Waals surface area contributed by atoms with Gasteiger partial charge in [-0.2, -0.15) is 13.2 Å². The van der Waals surface area contributed by atoms with Gasteiger partial charge in [0.2, 0.25) is 0 Å². The quantitative estimate of drug-likeness (QED) is 0.233. The van der Waals surface area contributed by atoms with Crippen LogP contribution in [0.4, 0.5) is 13.2 Å². The molecular weight excluding hydrogens is 573 g/mol. The van der Waals surface area contributed by atoms with Gasteiger partial charge in [0.1, 0.15) is 18.1 Å². The molecule has 0 atom stereocenters. The Hall–Kier alpha value is -4.55. The number of ether oxygens (including phenoxy) is 2. The van der Waals surface area contributed by atoms with Crippen molar-refractivity contribution >= 4 is 37.7 Å². The summed E-state index contributed by atoms with van der Waals surface area (Å²) in [6, 6.07) is 26.2. The van der Waals surface area contributed by atoms with Gasteiger partial charge in [0.25, 0.3) is 10.0 Å². The topological polar surface area (TPSA) is 121 Å². The van der Waals surface area contributed by atoms with Crippen molar-refractivity contribution in [1.82, 2.24) is 3.97 Å². The first-order valence-corrected chi connectivity index (χ1v) is 14.0. The average Bonchev–Trinajstić information content (AvgIpc) is 3.34. The Kier molecular flexibility index (Phi) is 9.08. The number of halogens is 3. The lowest BCUT2D eigenvalue weighted by Gasteiger charge is -2.11.